The molecule has 0 bridgehead atoms. The van der Waals surface area contributed by atoms with E-state index < -0.39 is 0 Å². The molecule has 0 radical (unpaired) electrons. The van der Waals surface area contributed by atoms with E-state index in [0.717, 1.165) is 76.8 Å². The summed E-state index contributed by atoms with van der Waals surface area (Å²) in [6.45, 7) is 9.33. The Balaban J connectivity index is 1.19. The molecule has 1 amide bonds. The number of carbonyl (C=O) groups excluding carboxylic acids is 1. The smallest absolute Gasteiger partial charge is 0.243 e. The highest BCUT2D eigenvalue weighted by molar-refractivity contribution is 5.77. The third-order valence-corrected chi connectivity index (χ3v) is 5.79. The number of aromatic nitrogens is 2. The number of piperazine rings is 1. The minimum atomic E-state index is 0.198. The van der Waals surface area contributed by atoms with Crippen molar-refractivity contribution in [3.05, 3.63) is 11.7 Å². The number of hydrogen-bond acceptors (Lipinski definition) is 6. The van der Waals surface area contributed by atoms with Gasteiger partial charge in [0, 0.05) is 51.6 Å². The van der Waals surface area contributed by atoms with Crippen molar-refractivity contribution in [2.45, 2.75) is 51.0 Å². The van der Waals surface area contributed by atoms with Crippen LogP contribution in [0.15, 0.2) is 4.52 Å². The molecule has 0 unspecified atom stereocenters. The topological polar surface area (TPSA) is 65.7 Å². The molecule has 1 atom stereocenters. The fourth-order valence-electron chi connectivity index (χ4n) is 3.88. The SMILES string of the molecule is C[C@H](c1nc(C2CC2)no1)N1CCN(CCCN2CCCC2=O)CC1. The van der Waals surface area contributed by atoms with E-state index in [9.17, 15) is 4.79 Å². The summed E-state index contributed by atoms with van der Waals surface area (Å²) in [6.07, 6.45) is 5.27. The number of likely N-dealkylation sites (tertiary alicyclic amines) is 1. The minimum absolute atomic E-state index is 0.198. The van der Waals surface area contributed by atoms with E-state index in [1.165, 1.54) is 12.8 Å². The standard InChI is InChI=1S/C18H29N5O2/c1-14(18-19-17(20-25-18)15-5-6-15)22-12-10-21(11-13-22)7-3-9-23-8-2-4-16(23)24/h14-15H,2-13H2,1H3/t14-/m1/s1. The molecule has 0 spiro atoms. The van der Waals surface area contributed by atoms with Gasteiger partial charge in [0.25, 0.3) is 0 Å². The molecular formula is C18H29N5O2. The van der Waals surface area contributed by atoms with Crippen LogP contribution in [0.25, 0.3) is 0 Å². The van der Waals surface area contributed by atoms with Gasteiger partial charge >= 0.3 is 0 Å². The summed E-state index contributed by atoms with van der Waals surface area (Å²) >= 11 is 0. The molecule has 1 aromatic heterocycles. The molecule has 2 saturated heterocycles. The van der Waals surface area contributed by atoms with Crippen molar-refractivity contribution < 1.29 is 9.32 Å². The Morgan fingerprint density at radius 1 is 1.16 bits per heavy atom. The molecule has 1 aliphatic carbocycles. The van der Waals surface area contributed by atoms with E-state index in [2.05, 4.69) is 26.9 Å². The zero-order valence-corrected chi connectivity index (χ0v) is 15.2. The first kappa shape index (κ1) is 17.0. The van der Waals surface area contributed by atoms with E-state index in [-0.39, 0.29) is 6.04 Å². The van der Waals surface area contributed by atoms with Gasteiger partial charge in [-0.05, 0) is 39.2 Å². The Kier molecular flexibility index (Phi) is 5.03. The zero-order valence-electron chi connectivity index (χ0n) is 15.2. The van der Waals surface area contributed by atoms with Gasteiger partial charge in [0.15, 0.2) is 5.82 Å². The quantitative estimate of drug-likeness (QED) is 0.747. The number of nitrogens with zero attached hydrogens (tertiary/aromatic N) is 5. The lowest BCUT2D eigenvalue weighted by Gasteiger charge is -2.37. The number of amides is 1. The van der Waals surface area contributed by atoms with E-state index >= 15 is 0 Å². The Morgan fingerprint density at radius 3 is 2.64 bits per heavy atom. The van der Waals surface area contributed by atoms with Gasteiger partial charge in [-0.2, -0.15) is 4.98 Å². The van der Waals surface area contributed by atoms with Crippen LogP contribution in [0, 0.1) is 0 Å². The third kappa shape index (κ3) is 4.03. The fraction of sp³-hybridized carbons (Fsp3) is 0.833. The first-order valence-corrected chi connectivity index (χ1v) is 9.78. The molecule has 1 saturated carbocycles. The average Bonchev–Trinajstić information content (AvgIpc) is 3.22. The summed E-state index contributed by atoms with van der Waals surface area (Å²) in [6, 6.07) is 0.198. The average molecular weight is 347 g/mol. The van der Waals surface area contributed by atoms with Gasteiger partial charge in [-0.25, -0.2) is 0 Å². The highest BCUT2D eigenvalue weighted by atomic mass is 16.5. The predicted molar refractivity (Wildman–Crippen MR) is 93.1 cm³/mol. The summed E-state index contributed by atoms with van der Waals surface area (Å²) < 4.78 is 5.49. The lowest BCUT2D eigenvalue weighted by Crippen LogP contribution is -2.47. The molecule has 138 valence electrons. The molecule has 0 N–H and O–H groups in total. The largest absolute Gasteiger partial charge is 0.343 e. The van der Waals surface area contributed by atoms with Crippen molar-refractivity contribution >= 4 is 5.91 Å². The van der Waals surface area contributed by atoms with Gasteiger partial charge in [-0.1, -0.05) is 5.16 Å². The van der Waals surface area contributed by atoms with Crippen molar-refractivity contribution in [1.82, 2.24) is 24.8 Å². The maximum absolute atomic E-state index is 11.6. The molecule has 3 heterocycles. The van der Waals surface area contributed by atoms with E-state index in [0.29, 0.717) is 11.8 Å². The minimum Gasteiger partial charge on any atom is -0.343 e. The maximum Gasteiger partial charge on any atom is 0.243 e. The first-order valence-electron chi connectivity index (χ1n) is 9.78. The molecule has 0 aromatic carbocycles. The van der Waals surface area contributed by atoms with E-state index in [4.69, 9.17) is 4.52 Å². The van der Waals surface area contributed by atoms with Crippen LogP contribution in [0.3, 0.4) is 0 Å². The molecular weight excluding hydrogens is 318 g/mol. The maximum atomic E-state index is 11.6. The molecule has 2 aliphatic heterocycles. The fourth-order valence-corrected chi connectivity index (χ4v) is 3.88. The Hall–Kier alpha value is -1.47. The van der Waals surface area contributed by atoms with Crippen LogP contribution in [0.5, 0.6) is 0 Å². The normalized spacial score (nSPS) is 24.2. The molecule has 7 heteroatoms. The number of hydrogen-bond donors (Lipinski definition) is 0. The van der Waals surface area contributed by atoms with Gasteiger partial charge in [0.1, 0.15) is 0 Å². The van der Waals surface area contributed by atoms with Gasteiger partial charge in [0.05, 0.1) is 6.04 Å². The number of rotatable bonds is 7. The summed E-state index contributed by atoms with van der Waals surface area (Å²) in [5.74, 6) is 2.55. The molecule has 7 nitrogen and oxygen atoms in total. The van der Waals surface area contributed by atoms with Crippen LogP contribution >= 0.6 is 0 Å². The lowest BCUT2D eigenvalue weighted by molar-refractivity contribution is -0.127. The monoisotopic (exact) mass is 347 g/mol. The van der Waals surface area contributed by atoms with Gasteiger partial charge in [-0.15, -0.1) is 0 Å². The highest BCUT2D eigenvalue weighted by Crippen LogP contribution is 2.38. The molecule has 3 fully saturated rings. The van der Waals surface area contributed by atoms with Crippen LogP contribution in [-0.4, -0.2) is 76.6 Å². The molecule has 1 aromatic rings. The summed E-state index contributed by atoms with van der Waals surface area (Å²) in [7, 11) is 0. The van der Waals surface area contributed by atoms with Gasteiger partial charge in [-0.3, -0.25) is 9.69 Å². The van der Waals surface area contributed by atoms with Gasteiger partial charge in [0.2, 0.25) is 11.8 Å². The third-order valence-electron chi connectivity index (χ3n) is 5.79. The Morgan fingerprint density at radius 2 is 1.96 bits per heavy atom. The van der Waals surface area contributed by atoms with Crippen molar-refractivity contribution in [3.63, 3.8) is 0 Å². The van der Waals surface area contributed by atoms with E-state index in [1.807, 2.05) is 4.90 Å². The van der Waals surface area contributed by atoms with Crippen molar-refractivity contribution in [1.29, 1.82) is 0 Å². The Bertz CT molecular complexity index is 592. The van der Waals surface area contributed by atoms with Crippen LogP contribution in [0.2, 0.25) is 0 Å². The van der Waals surface area contributed by atoms with Crippen LogP contribution in [0.4, 0.5) is 0 Å². The molecule has 25 heavy (non-hydrogen) atoms. The Labute approximate surface area is 149 Å². The van der Waals surface area contributed by atoms with Gasteiger partial charge < -0.3 is 14.3 Å². The van der Waals surface area contributed by atoms with Crippen molar-refractivity contribution in [2.75, 3.05) is 45.8 Å². The molecule has 4 rings (SSSR count). The second-order valence-corrected chi connectivity index (χ2v) is 7.66. The second kappa shape index (κ2) is 7.41. The first-order chi connectivity index (χ1) is 12.2. The summed E-state index contributed by atoms with van der Waals surface area (Å²) in [5.41, 5.74) is 0. The summed E-state index contributed by atoms with van der Waals surface area (Å²) in [4.78, 5) is 23.2. The molecule has 3 aliphatic rings. The lowest BCUT2D eigenvalue weighted by atomic mass is 10.2. The second-order valence-electron chi connectivity index (χ2n) is 7.66. The predicted octanol–water partition coefficient (Wildman–Crippen LogP) is 1.64. The zero-order chi connectivity index (χ0) is 17.2. The van der Waals surface area contributed by atoms with Crippen molar-refractivity contribution in [2.24, 2.45) is 0 Å². The highest BCUT2D eigenvalue weighted by Gasteiger charge is 2.31. The van der Waals surface area contributed by atoms with Crippen molar-refractivity contribution in [3.8, 4) is 0 Å². The summed E-state index contributed by atoms with van der Waals surface area (Å²) in [5, 5.41) is 4.14. The van der Waals surface area contributed by atoms with Crippen LogP contribution in [-0.2, 0) is 4.79 Å². The van der Waals surface area contributed by atoms with Crippen LogP contribution in [0.1, 0.15) is 62.7 Å². The van der Waals surface area contributed by atoms with E-state index in [1.54, 1.807) is 0 Å². The number of carbonyl (C=O) groups is 1. The van der Waals surface area contributed by atoms with Crippen LogP contribution < -0.4 is 0 Å².